The third-order valence-corrected chi connectivity index (χ3v) is 4.41. The molecular formula is C17H17ClN6O3. The summed E-state index contributed by atoms with van der Waals surface area (Å²) in [4.78, 5) is 15.8. The Kier molecular flexibility index (Phi) is 4.36. The highest BCUT2D eigenvalue weighted by Gasteiger charge is 2.26. The van der Waals surface area contributed by atoms with Gasteiger partial charge in [-0.25, -0.2) is 14.5 Å². The normalized spacial score (nSPS) is 16.3. The number of anilines is 1. The quantitative estimate of drug-likeness (QED) is 0.648. The summed E-state index contributed by atoms with van der Waals surface area (Å²) in [5.74, 6) is -0.0699. The molecule has 1 saturated carbocycles. The molecule has 1 aliphatic carbocycles. The Morgan fingerprint density at radius 3 is 2.96 bits per heavy atom. The van der Waals surface area contributed by atoms with E-state index >= 15 is 0 Å². The number of para-hydroxylation sites is 1. The van der Waals surface area contributed by atoms with Gasteiger partial charge in [-0.05, 0) is 25.0 Å². The van der Waals surface area contributed by atoms with Gasteiger partial charge in [-0.1, -0.05) is 17.7 Å². The minimum Gasteiger partial charge on any atom is -0.494 e. The van der Waals surface area contributed by atoms with Crippen molar-refractivity contribution in [1.29, 1.82) is 0 Å². The summed E-state index contributed by atoms with van der Waals surface area (Å²) < 4.78 is 7.43. The Morgan fingerprint density at radius 2 is 2.26 bits per heavy atom. The average Bonchev–Trinajstić information content (AvgIpc) is 3.38. The van der Waals surface area contributed by atoms with Crippen LogP contribution in [0.1, 0.15) is 18.9 Å². The van der Waals surface area contributed by atoms with Crippen molar-refractivity contribution in [2.45, 2.75) is 18.9 Å². The van der Waals surface area contributed by atoms with Crippen LogP contribution in [0.5, 0.6) is 5.75 Å². The van der Waals surface area contributed by atoms with Crippen molar-refractivity contribution in [3.8, 4) is 17.1 Å². The van der Waals surface area contributed by atoms with Crippen LogP contribution in [0.4, 0.5) is 5.69 Å². The maximum absolute atomic E-state index is 11.5. The smallest absolute Gasteiger partial charge is 0.355 e. The maximum Gasteiger partial charge on any atom is 0.355 e. The maximum atomic E-state index is 11.5. The molecule has 0 unspecified atom stereocenters. The van der Waals surface area contributed by atoms with E-state index in [2.05, 4.69) is 20.8 Å². The van der Waals surface area contributed by atoms with Crippen LogP contribution in [0.2, 0.25) is 0 Å². The number of carbonyl (C=O) groups is 1. The molecule has 2 heterocycles. The zero-order valence-corrected chi connectivity index (χ0v) is 15.1. The number of methoxy groups -OCH3 is 1. The van der Waals surface area contributed by atoms with Gasteiger partial charge in [-0.15, -0.1) is 0 Å². The summed E-state index contributed by atoms with van der Waals surface area (Å²) in [6.45, 7) is 0. The zero-order valence-electron chi connectivity index (χ0n) is 14.4. The summed E-state index contributed by atoms with van der Waals surface area (Å²) in [5, 5.41) is 18.1. The first kappa shape index (κ1) is 17.2. The lowest BCUT2D eigenvalue weighted by atomic mass is 10.1. The minimum absolute atomic E-state index is 0.0250. The number of carboxylic acid groups (broad SMARTS) is 1. The number of aromatic nitrogens is 3. The molecule has 9 nitrogen and oxygen atoms in total. The molecule has 1 aliphatic heterocycles. The third-order valence-electron chi connectivity index (χ3n) is 4.20. The fourth-order valence-electron chi connectivity index (χ4n) is 2.75. The zero-order chi connectivity index (χ0) is 19.0. The average molecular weight is 389 g/mol. The van der Waals surface area contributed by atoms with Crippen molar-refractivity contribution >= 4 is 23.3 Å². The number of nitrogens with one attached hydrogen (secondary N) is 2. The van der Waals surface area contributed by atoms with Gasteiger partial charge < -0.3 is 15.2 Å². The van der Waals surface area contributed by atoms with Gasteiger partial charge in [-0.2, -0.15) is 5.10 Å². The molecule has 0 amide bonds. The molecule has 2 aliphatic rings. The Bertz CT molecular complexity index is 950. The van der Waals surface area contributed by atoms with Crippen LogP contribution < -0.4 is 15.5 Å². The van der Waals surface area contributed by atoms with Gasteiger partial charge in [0.05, 0.1) is 30.6 Å². The van der Waals surface area contributed by atoms with Crippen LogP contribution in [0, 0.1) is 0 Å². The van der Waals surface area contributed by atoms with Gasteiger partial charge in [-0.3, -0.25) is 10.4 Å². The number of carboxylic acids is 1. The van der Waals surface area contributed by atoms with Crippen LogP contribution >= 0.6 is 11.6 Å². The van der Waals surface area contributed by atoms with E-state index in [0.29, 0.717) is 28.9 Å². The summed E-state index contributed by atoms with van der Waals surface area (Å²) in [7, 11) is 1.54. The molecule has 0 saturated heterocycles. The SMILES string of the molecule is COc1c(NN2C=C(Cl)NC=C2C(=O)O)cccc1-c1ncn(C2CC2)n1. The second-order valence-electron chi connectivity index (χ2n) is 6.10. The molecule has 10 heteroatoms. The van der Waals surface area contributed by atoms with Gasteiger partial charge in [0.25, 0.3) is 0 Å². The Morgan fingerprint density at radius 1 is 1.44 bits per heavy atom. The molecular weight excluding hydrogens is 372 g/mol. The first-order valence-electron chi connectivity index (χ1n) is 8.28. The summed E-state index contributed by atoms with van der Waals surface area (Å²) >= 11 is 5.96. The molecule has 2 aromatic rings. The molecule has 1 fully saturated rings. The first-order valence-corrected chi connectivity index (χ1v) is 8.66. The van der Waals surface area contributed by atoms with Gasteiger partial charge in [0, 0.05) is 6.20 Å². The van der Waals surface area contributed by atoms with E-state index in [4.69, 9.17) is 16.3 Å². The number of halogens is 1. The van der Waals surface area contributed by atoms with Gasteiger partial charge >= 0.3 is 5.97 Å². The fraction of sp³-hybridized carbons (Fsp3) is 0.235. The molecule has 27 heavy (non-hydrogen) atoms. The lowest BCUT2D eigenvalue weighted by molar-refractivity contribution is -0.134. The molecule has 1 aromatic carbocycles. The largest absolute Gasteiger partial charge is 0.494 e. The topological polar surface area (TPSA) is 105 Å². The van der Waals surface area contributed by atoms with E-state index in [9.17, 15) is 9.90 Å². The predicted molar refractivity (Wildman–Crippen MR) is 98.5 cm³/mol. The van der Waals surface area contributed by atoms with E-state index in [-0.39, 0.29) is 10.9 Å². The van der Waals surface area contributed by atoms with Crippen molar-refractivity contribution in [3.63, 3.8) is 0 Å². The molecule has 4 rings (SSSR count). The summed E-state index contributed by atoms with van der Waals surface area (Å²) in [6, 6.07) is 5.86. The lowest BCUT2D eigenvalue weighted by Crippen LogP contribution is -2.33. The highest BCUT2D eigenvalue weighted by atomic mass is 35.5. The highest BCUT2D eigenvalue weighted by molar-refractivity contribution is 6.29. The lowest BCUT2D eigenvalue weighted by Gasteiger charge is -2.27. The standard InChI is InChI=1S/C17H17ClN6O3/c1-27-15-11(16-20-9-24(22-16)10-5-6-10)3-2-4-12(15)21-23-8-14(18)19-7-13(23)17(25)26/h2-4,7-10,19,21H,5-6H2,1H3,(H,25,26). The van der Waals surface area contributed by atoms with E-state index < -0.39 is 5.97 Å². The number of aliphatic carboxylic acids is 1. The number of ether oxygens (including phenoxy) is 1. The van der Waals surface area contributed by atoms with Gasteiger partial charge in [0.1, 0.15) is 11.5 Å². The van der Waals surface area contributed by atoms with Crippen LogP contribution in [-0.2, 0) is 4.79 Å². The summed E-state index contributed by atoms with van der Waals surface area (Å²) in [6.07, 6.45) is 6.67. The van der Waals surface area contributed by atoms with E-state index in [1.807, 2.05) is 16.8 Å². The van der Waals surface area contributed by atoms with Crippen molar-refractivity contribution < 1.29 is 14.6 Å². The molecule has 0 radical (unpaired) electrons. The molecule has 140 valence electrons. The molecule has 0 atom stereocenters. The van der Waals surface area contributed by atoms with E-state index in [0.717, 1.165) is 12.8 Å². The number of nitrogens with zero attached hydrogens (tertiary/aromatic N) is 4. The minimum atomic E-state index is -1.12. The Balaban J connectivity index is 1.67. The van der Waals surface area contributed by atoms with Crippen LogP contribution in [0.15, 0.2) is 47.8 Å². The predicted octanol–water partition coefficient (Wildman–Crippen LogP) is 2.48. The van der Waals surface area contributed by atoms with Crippen molar-refractivity contribution in [2.24, 2.45) is 0 Å². The molecule has 3 N–H and O–H groups in total. The van der Waals surface area contributed by atoms with Crippen LogP contribution in [0.3, 0.4) is 0 Å². The number of benzene rings is 1. The number of rotatable bonds is 6. The van der Waals surface area contributed by atoms with Crippen molar-refractivity contribution in [2.75, 3.05) is 12.5 Å². The fourth-order valence-corrected chi connectivity index (χ4v) is 2.90. The van der Waals surface area contributed by atoms with E-state index in [1.165, 1.54) is 24.5 Å². The number of hydrogen-bond donors (Lipinski definition) is 3. The first-order chi connectivity index (χ1) is 13.1. The summed E-state index contributed by atoms with van der Waals surface area (Å²) in [5.41, 5.74) is 4.24. The van der Waals surface area contributed by atoms with Gasteiger partial charge in [0.2, 0.25) is 0 Å². The Labute approximate surface area is 159 Å². The molecule has 0 bridgehead atoms. The number of hydrogen-bond acceptors (Lipinski definition) is 7. The third kappa shape index (κ3) is 3.41. The van der Waals surface area contributed by atoms with Crippen molar-refractivity contribution in [3.05, 3.63) is 47.8 Å². The van der Waals surface area contributed by atoms with Crippen molar-refractivity contribution in [1.82, 2.24) is 25.1 Å². The Hall–Kier alpha value is -3.20. The number of hydrazine groups is 1. The van der Waals surface area contributed by atoms with Crippen LogP contribution in [-0.4, -0.2) is 38.0 Å². The second kappa shape index (κ2) is 6.84. The monoisotopic (exact) mass is 388 g/mol. The molecule has 1 aromatic heterocycles. The van der Waals surface area contributed by atoms with E-state index in [1.54, 1.807) is 12.4 Å². The van der Waals surface area contributed by atoms with Gasteiger partial charge in [0.15, 0.2) is 17.3 Å². The molecule has 0 spiro atoms. The van der Waals surface area contributed by atoms with Crippen LogP contribution in [0.25, 0.3) is 11.4 Å². The second-order valence-corrected chi connectivity index (χ2v) is 6.51. The highest BCUT2D eigenvalue weighted by Crippen LogP contribution is 2.38.